The van der Waals surface area contributed by atoms with Gasteiger partial charge in [-0.15, -0.1) is 0 Å². The van der Waals surface area contributed by atoms with Crippen LogP contribution in [0.1, 0.15) is 47.9 Å². The lowest BCUT2D eigenvalue weighted by molar-refractivity contribution is -0.129. The molecule has 0 bridgehead atoms. The van der Waals surface area contributed by atoms with Crippen LogP contribution in [0.3, 0.4) is 0 Å². The van der Waals surface area contributed by atoms with E-state index in [0.29, 0.717) is 37.0 Å². The quantitative estimate of drug-likeness (QED) is 0.789. The molecule has 0 aliphatic carbocycles. The molecule has 0 saturated carbocycles. The molecule has 4 heterocycles. The average molecular weight is 372 g/mol. The summed E-state index contributed by atoms with van der Waals surface area (Å²) in [5, 5.41) is 4.15. The molecule has 0 unspecified atom stereocenters. The van der Waals surface area contributed by atoms with Gasteiger partial charge in [0.15, 0.2) is 5.82 Å². The van der Waals surface area contributed by atoms with Gasteiger partial charge in [0.25, 0.3) is 5.91 Å². The summed E-state index contributed by atoms with van der Waals surface area (Å²) in [5.41, 5.74) is 0.602. The Morgan fingerprint density at radius 1 is 1.22 bits per heavy atom. The molecule has 2 aromatic rings. The Morgan fingerprint density at radius 2 is 1.96 bits per heavy atom. The molecular weight excluding hydrogens is 348 g/mol. The van der Waals surface area contributed by atoms with Crippen LogP contribution >= 0.6 is 0 Å². The first-order chi connectivity index (χ1) is 13.0. The van der Waals surface area contributed by atoms with Crippen molar-refractivity contribution in [3.63, 3.8) is 0 Å². The van der Waals surface area contributed by atoms with Crippen molar-refractivity contribution in [2.75, 3.05) is 26.2 Å². The molecule has 2 fully saturated rings. The van der Waals surface area contributed by atoms with E-state index in [1.807, 2.05) is 16.8 Å². The summed E-state index contributed by atoms with van der Waals surface area (Å²) in [6.07, 6.45) is 5.65. The van der Waals surface area contributed by atoms with Gasteiger partial charge >= 0.3 is 0 Å². The number of aryl methyl sites for hydroxylation is 1. The minimum Gasteiger partial charge on any atom is -0.343 e. The third-order valence-electron chi connectivity index (χ3n) is 5.53. The molecule has 144 valence electrons. The van der Waals surface area contributed by atoms with E-state index in [2.05, 4.69) is 15.1 Å². The van der Waals surface area contributed by atoms with Crippen LogP contribution < -0.4 is 0 Å². The van der Waals surface area contributed by atoms with E-state index in [1.165, 1.54) is 0 Å². The zero-order valence-electron chi connectivity index (χ0n) is 15.7. The van der Waals surface area contributed by atoms with Crippen molar-refractivity contribution in [3.8, 4) is 0 Å². The van der Waals surface area contributed by atoms with Crippen LogP contribution in [0.5, 0.6) is 0 Å². The van der Waals surface area contributed by atoms with Crippen LogP contribution in [0.4, 0.5) is 0 Å². The Balaban J connectivity index is 1.27. The van der Waals surface area contributed by atoms with Crippen LogP contribution in [0.25, 0.3) is 0 Å². The van der Waals surface area contributed by atoms with Crippen molar-refractivity contribution < 1.29 is 14.1 Å². The molecule has 2 aromatic heterocycles. The molecule has 0 atom stereocenters. The summed E-state index contributed by atoms with van der Waals surface area (Å²) in [7, 11) is 1.82. The van der Waals surface area contributed by atoms with E-state index >= 15 is 0 Å². The molecule has 0 aromatic carbocycles. The smallest absolute Gasteiger partial charge is 0.272 e. The topological polar surface area (TPSA) is 97.4 Å². The number of likely N-dealkylation sites (tertiary alicyclic amines) is 2. The van der Waals surface area contributed by atoms with E-state index in [0.717, 1.165) is 31.8 Å². The lowest BCUT2D eigenvalue weighted by Crippen LogP contribution is -2.51. The van der Waals surface area contributed by atoms with Gasteiger partial charge in [-0.1, -0.05) is 5.16 Å². The van der Waals surface area contributed by atoms with Crippen LogP contribution in [-0.4, -0.2) is 67.5 Å². The Kier molecular flexibility index (Phi) is 4.67. The second kappa shape index (κ2) is 7.13. The molecule has 9 nitrogen and oxygen atoms in total. The van der Waals surface area contributed by atoms with E-state index in [9.17, 15) is 9.59 Å². The predicted molar refractivity (Wildman–Crippen MR) is 94.8 cm³/mol. The lowest BCUT2D eigenvalue weighted by atomic mass is 9.95. The number of amides is 2. The number of aromatic nitrogens is 4. The number of piperidine rings is 1. The molecule has 2 aliphatic rings. The zero-order chi connectivity index (χ0) is 19.0. The lowest BCUT2D eigenvalue weighted by Gasteiger charge is -2.38. The molecule has 9 heteroatoms. The SMILES string of the molecule is CC(=O)N1CCC(c2noc(CC3CN(C(=O)c4cncn4C)C3)n2)CC1. The van der Waals surface area contributed by atoms with E-state index in [4.69, 9.17) is 4.52 Å². The minimum atomic E-state index is 0.00898. The highest BCUT2D eigenvalue weighted by Crippen LogP contribution is 2.27. The molecular formula is C18H24N6O3. The fourth-order valence-electron chi connectivity index (χ4n) is 3.81. The number of rotatable bonds is 4. The number of hydrogen-bond acceptors (Lipinski definition) is 6. The number of hydrogen-bond donors (Lipinski definition) is 0. The molecule has 2 aliphatic heterocycles. The highest BCUT2D eigenvalue weighted by atomic mass is 16.5. The predicted octanol–water partition coefficient (Wildman–Crippen LogP) is 0.844. The van der Waals surface area contributed by atoms with Gasteiger partial charge < -0.3 is 18.9 Å². The molecule has 4 rings (SSSR count). The summed E-state index contributed by atoms with van der Waals surface area (Å²) >= 11 is 0. The van der Waals surface area contributed by atoms with Gasteiger partial charge in [0.1, 0.15) is 5.69 Å². The summed E-state index contributed by atoms with van der Waals surface area (Å²) in [5.74, 6) is 2.11. The molecule has 0 spiro atoms. The van der Waals surface area contributed by atoms with Gasteiger partial charge in [-0.05, 0) is 12.8 Å². The molecule has 27 heavy (non-hydrogen) atoms. The van der Waals surface area contributed by atoms with Gasteiger partial charge in [0.05, 0.1) is 12.5 Å². The minimum absolute atomic E-state index is 0.00898. The van der Waals surface area contributed by atoms with Crippen molar-refractivity contribution in [3.05, 3.63) is 29.9 Å². The first-order valence-corrected chi connectivity index (χ1v) is 9.35. The maximum atomic E-state index is 12.4. The monoisotopic (exact) mass is 372 g/mol. The molecule has 0 N–H and O–H groups in total. The van der Waals surface area contributed by atoms with Crippen LogP contribution in [-0.2, 0) is 18.3 Å². The third kappa shape index (κ3) is 3.58. The van der Waals surface area contributed by atoms with E-state index < -0.39 is 0 Å². The van der Waals surface area contributed by atoms with Crippen molar-refractivity contribution in [1.29, 1.82) is 0 Å². The van der Waals surface area contributed by atoms with Gasteiger partial charge in [0, 0.05) is 58.4 Å². The number of imidazole rings is 1. The summed E-state index contributed by atoms with van der Waals surface area (Å²) < 4.78 is 7.16. The Hall–Kier alpha value is -2.71. The standard InChI is InChI=1S/C18H24N6O3/c1-12(25)23-5-3-14(4-6-23)17-20-16(27-21-17)7-13-9-24(10-13)18(26)15-8-19-11-22(15)2/h8,11,13-14H,3-7,9-10H2,1-2H3. The molecule has 0 radical (unpaired) electrons. The van der Waals surface area contributed by atoms with Gasteiger partial charge in [-0.25, -0.2) is 4.98 Å². The maximum absolute atomic E-state index is 12.4. The third-order valence-corrected chi connectivity index (χ3v) is 5.53. The van der Waals surface area contributed by atoms with E-state index in [1.54, 1.807) is 24.0 Å². The highest BCUT2D eigenvalue weighted by Gasteiger charge is 2.34. The average Bonchev–Trinajstić information content (AvgIpc) is 3.26. The highest BCUT2D eigenvalue weighted by molar-refractivity contribution is 5.92. The Morgan fingerprint density at radius 3 is 2.59 bits per heavy atom. The van der Waals surface area contributed by atoms with Crippen LogP contribution in [0, 0.1) is 5.92 Å². The summed E-state index contributed by atoms with van der Waals surface area (Å²) in [6.45, 7) is 4.49. The Labute approximate surface area is 157 Å². The Bertz CT molecular complexity index is 830. The number of carbonyl (C=O) groups is 2. The second-order valence-electron chi connectivity index (χ2n) is 7.50. The van der Waals surface area contributed by atoms with Crippen molar-refractivity contribution >= 4 is 11.8 Å². The molecule has 2 saturated heterocycles. The second-order valence-corrected chi connectivity index (χ2v) is 7.50. The van der Waals surface area contributed by atoms with Crippen LogP contribution in [0.15, 0.2) is 17.0 Å². The fourth-order valence-corrected chi connectivity index (χ4v) is 3.81. The van der Waals surface area contributed by atoms with Gasteiger partial charge in [-0.3, -0.25) is 9.59 Å². The van der Waals surface area contributed by atoms with Gasteiger partial charge in [-0.2, -0.15) is 4.98 Å². The number of carbonyl (C=O) groups excluding carboxylic acids is 2. The fraction of sp³-hybridized carbons (Fsp3) is 0.611. The van der Waals surface area contributed by atoms with Crippen molar-refractivity contribution in [1.82, 2.24) is 29.5 Å². The summed E-state index contributed by atoms with van der Waals surface area (Å²) in [6, 6.07) is 0. The van der Waals surface area contributed by atoms with Gasteiger partial charge in [0.2, 0.25) is 11.8 Å². The maximum Gasteiger partial charge on any atom is 0.272 e. The first kappa shape index (κ1) is 17.7. The van der Waals surface area contributed by atoms with Crippen molar-refractivity contribution in [2.45, 2.75) is 32.1 Å². The van der Waals surface area contributed by atoms with Crippen LogP contribution in [0.2, 0.25) is 0 Å². The largest absolute Gasteiger partial charge is 0.343 e. The first-order valence-electron chi connectivity index (χ1n) is 9.35. The normalized spacial score (nSPS) is 18.6. The zero-order valence-corrected chi connectivity index (χ0v) is 15.7. The van der Waals surface area contributed by atoms with Crippen molar-refractivity contribution in [2.24, 2.45) is 13.0 Å². The molecule has 2 amide bonds. The summed E-state index contributed by atoms with van der Waals surface area (Å²) in [4.78, 5) is 36.0. The number of nitrogens with zero attached hydrogens (tertiary/aromatic N) is 6. The van der Waals surface area contributed by atoms with E-state index in [-0.39, 0.29) is 17.7 Å².